The van der Waals surface area contributed by atoms with Gasteiger partial charge in [-0.25, -0.2) is 9.18 Å². The highest BCUT2D eigenvalue weighted by molar-refractivity contribution is 6.02. The summed E-state index contributed by atoms with van der Waals surface area (Å²) in [6, 6.07) is 5.10. The molecule has 1 saturated heterocycles. The largest absolute Gasteiger partial charge is 0.350 e. The molecule has 0 spiro atoms. The topological polar surface area (TPSA) is 78.5 Å². The van der Waals surface area contributed by atoms with Crippen molar-refractivity contribution in [2.24, 2.45) is 0 Å². The van der Waals surface area contributed by atoms with Gasteiger partial charge in [0.05, 0.1) is 12.1 Å². The molecule has 0 atom stereocenters. The summed E-state index contributed by atoms with van der Waals surface area (Å²) in [4.78, 5) is 35.1. The molecule has 100 valence electrons. The van der Waals surface area contributed by atoms with E-state index >= 15 is 0 Å². The van der Waals surface area contributed by atoms with Crippen LogP contribution < -0.4 is 10.6 Å². The van der Waals surface area contributed by atoms with Crippen LogP contribution in [0.5, 0.6) is 0 Å². The highest BCUT2D eigenvalue weighted by atomic mass is 19.1. The third-order valence-corrected chi connectivity index (χ3v) is 2.68. The van der Waals surface area contributed by atoms with Crippen LogP contribution >= 0.6 is 0 Å². The van der Waals surface area contributed by atoms with E-state index in [2.05, 4.69) is 10.6 Å². The number of hydrogen-bond acceptors (Lipinski definition) is 3. The molecule has 2 rings (SSSR count). The van der Waals surface area contributed by atoms with Gasteiger partial charge in [-0.1, -0.05) is 12.1 Å². The zero-order valence-electron chi connectivity index (χ0n) is 9.98. The normalized spacial score (nSPS) is 14.5. The molecule has 1 fully saturated rings. The first kappa shape index (κ1) is 13.0. The number of carbonyl (C=O) groups excluding carboxylic acids is 3. The Balaban J connectivity index is 1.86. The van der Waals surface area contributed by atoms with Crippen molar-refractivity contribution in [2.45, 2.75) is 0 Å². The monoisotopic (exact) mass is 265 g/mol. The Hall–Kier alpha value is -2.44. The van der Waals surface area contributed by atoms with E-state index in [1.807, 2.05) is 0 Å². The Morgan fingerprint density at radius 3 is 2.74 bits per heavy atom. The molecular weight excluding hydrogens is 253 g/mol. The van der Waals surface area contributed by atoms with E-state index in [0.717, 1.165) is 4.90 Å². The number of imide groups is 1. The van der Waals surface area contributed by atoms with Crippen LogP contribution in [0.15, 0.2) is 24.3 Å². The second kappa shape index (κ2) is 5.47. The van der Waals surface area contributed by atoms with E-state index in [-0.39, 0.29) is 31.1 Å². The molecule has 0 radical (unpaired) electrons. The van der Waals surface area contributed by atoms with Gasteiger partial charge in [0.25, 0.3) is 5.91 Å². The number of amides is 4. The number of urea groups is 1. The number of halogens is 1. The smallest absolute Gasteiger partial charge is 0.324 e. The van der Waals surface area contributed by atoms with Crippen molar-refractivity contribution < 1.29 is 18.8 Å². The van der Waals surface area contributed by atoms with Crippen LogP contribution in [-0.2, 0) is 4.79 Å². The maximum atomic E-state index is 13.3. The van der Waals surface area contributed by atoms with Crippen molar-refractivity contribution in [3.63, 3.8) is 0 Å². The lowest BCUT2D eigenvalue weighted by atomic mass is 10.2. The van der Waals surface area contributed by atoms with E-state index in [0.29, 0.717) is 0 Å². The van der Waals surface area contributed by atoms with Crippen molar-refractivity contribution in [1.82, 2.24) is 15.5 Å². The minimum atomic E-state index is -0.616. The molecule has 1 heterocycles. The summed E-state index contributed by atoms with van der Waals surface area (Å²) >= 11 is 0. The summed E-state index contributed by atoms with van der Waals surface area (Å²) in [5.41, 5.74) is -0.0697. The van der Waals surface area contributed by atoms with Crippen molar-refractivity contribution in [2.75, 3.05) is 19.6 Å². The minimum Gasteiger partial charge on any atom is -0.350 e. The molecule has 19 heavy (non-hydrogen) atoms. The van der Waals surface area contributed by atoms with Crippen LogP contribution in [0.3, 0.4) is 0 Å². The molecule has 7 heteroatoms. The number of carbonyl (C=O) groups is 3. The molecule has 4 amide bonds. The standard InChI is InChI=1S/C12H12FN3O3/c13-9-4-2-1-3-8(9)11(18)14-5-6-16-10(17)7-15-12(16)19/h1-4H,5-7H2,(H,14,18)(H,15,19). The predicted molar refractivity (Wildman–Crippen MR) is 63.8 cm³/mol. The van der Waals surface area contributed by atoms with Gasteiger partial charge >= 0.3 is 6.03 Å². The molecule has 2 N–H and O–H groups in total. The first-order valence-corrected chi connectivity index (χ1v) is 5.70. The third kappa shape index (κ3) is 2.87. The fraction of sp³-hybridized carbons (Fsp3) is 0.250. The lowest BCUT2D eigenvalue weighted by Crippen LogP contribution is -2.38. The average Bonchev–Trinajstić information content (AvgIpc) is 2.70. The maximum Gasteiger partial charge on any atom is 0.324 e. The fourth-order valence-corrected chi connectivity index (χ4v) is 1.70. The first-order chi connectivity index (χ1) is 9.09. The SMILES string of the molecule is O=C(NCCN1C(=O)CNC1=O)c1ccccc1F. The summed E-state index contributed by atoms with van der Waals surface area (Å²) in [7, 11) is 0. The molecule has 0 unspecified atom stereocenters. The van der Waals surface area contributed by atoms with E-state index in [1.165, 1.54) is 18.2 Å². The zero-order chi connectivity index (χ0) is 13.8. The minimum absolute atomic E-state index is 0.0277. The second-order valence-corrected chi connectivity index (χ2v) is 3.94. The molecule has 1 aromatic carbocycles. The van der Waals surface area contributed by atoms with Crippen LogP contribution in [0.2, 0.25) is 0 Å². The van der Waals surface area contributed by atoms with Crippen molar-refractivity contribution in [3.8, 4) is 0 Å². The van der Waals surface area contributed by atoms with Gasteiger partial charge < -0.3 is 10.6 Å². The van der Waals surface area contributed by atoms with Crippen LogP contribution in [0.1, 0.15) is 10.4 Å². The van der Waals surface area contributed by atoms with E-state index in [1.54, 1.807) is 6.07 Å². The highest BCUT2D eigenvalue weighted by Gasteiger charge is 2.27. The van der Waals surface area contributed by atoms with Gasteiger partial charge in [-0.05, 0) is 12.1 Å². The molecular formula is C12H12FN3O3. The van der Waals surface area contributed by atoms with Gasteiger partial charge in [-0.2, -0.15) is 0 Å². The van der Waals surface area contributed by atoms with Crippen LogP contribution in [0.4, 0.5) is 9.18 Å². The molecule has 1 aliphatic rings. The van der Waals surface area contributed by atoms with Gasteiger partial charge in [0.2, 0.25) is 5.91 Å². The Morgan fingerprint density at radius 1 is 1.37 bits per heavy atom. The number of hydrogen-bond donors (Lipinski definition) is 2. The molecule has 0 aromatic heterocycles. The third-order valence-electron chi connectivity index (χ3n) is 2.68. The van der Waals surface area contributed by atoms with E-state index in [4.69, 9.17) is 0 Å². The van der Waals surface area contributed by atoms with Crippen molar-refractivity contribution in [1.29, 1.82) is 0 Å². The lowest BCUT2D eigenvalue weighted by Gasteiger charge is -2.12. The van der Waals surface area contributed by atoms with E-state index in [9.17, 15) is 18.8 Å². The van der Waals surface area contributed by atoms with Gasteiger partial charge in [-0.15, -0.1) is 0 Å². The zero-order valence-corrected chi connectivity index (χ0v) is 9.98. The Morgan fingerprint density at radius 2 is 2.11 bits per heavy atom. The highest BCUT2D eigenvalue weighted by Crippen LogP contribution is 2.05. The summed E-state index contributed by atoms with van der Waals surface area (Å²) < 4.78 is 13.3. The second-order valence-electron chi connectivity index (χ2n) is 3.94. The van der Waals surface area contributed by atoms with Gasteiger partial charge in [-0.3, -0.25) is 14.5 Å². The molecule has 0 aliphatic carbocycles. The summed E-state index contributed by atoms with van der Waals surface area (Å²) in [5.74, 6) is -1.54. The quantitative estimate of drug-likeness (QED) is 0.758. The van der Waals surface area contributed by atoms with Gasteiger partial charge in [0.15, 0.2) is 0 Å². The predicted octanol–water partition coefficient (Wildman–Crippen LogP) is 0.107. The maximum absolute atomic E-state index is 13.3. The summed E-state index contributed by atoms with van der Waals surface area (Å²) in [5, 5.41) is 4.82. The first-order valence-electron chi connectivity index (χ1n) is 5.70. The summed E-state index contributed by atoms with van der Waals surface area (Å²) in [6.45, 7) is 0.108. The lowest BCUT2D eigenvalue weighted by molar-refractivity contribution is -0.124. The van der Waals surface area contributed by atoms with Crippen molar-refractivity contribution in [3.05, 3.63) is 35.6 Å². The van der Waals surface area contributed by atoms with Crippen LogP contribution in [0, 0.1) is 5.82 Å². The number of nitrogens with one attached hydrogen (secondary N) is 2. The molecule has 1 aliphatic heterocycles. The van der Waals surface area contributed by atoms with Gasteiger partial charge in [0.1, 0.15) is 5.82 Å². The molecule has 0 bridgehead atoms. The van der Waals surface area contributed by atoms with Crippen LogP contribution in [-0.4, -0.2) is 42.4 Å². The number of rotatable bonds is 4. The van der Waals surface area contributed by atoms with Crippen molar-refractivity contribution >= 4 is 17.8 Å². The van der Waals surface area contributed by atoms with Gasteiger partial charge in [0, 0.05) is 13.1 Å². The molecule has 0 saturated carbocycles. The molecule has 6 nitrogen and oxygen atoms in total. The number of nitrogens with zero attached hydrogens (tertiary/aromatic N) is 1. The Bertz CT molecular complexity index is 517. The number of benzene rings is 1. The average molecular weight is 265 g/mol. The van der Waals surface area contributed by atoms with E-state index < -0.39 is 17.8 Å². The summed E-state index contributed by atoms with van der Waals surface area (Å²) in [6.07, 6.45) is 0. The Kier molecular flexibility index (Phi) is 3.74. The molecule has 1 aromatic rings. The fourth-order valence-electron chi connectivity index (χ4n) is 1.70. The van der Waals surface area contributed by atoms with Crippen LogP contribution in [0.25, 0.3) is 0 Å². The Labute approximate surface area is 108 Å².